The Kier molecular flexibility index (Phi) is 2.41. The maximum Gasteiger partial charge on any atom is 0.329 e. The summed E-state index contributed by atoms with van der Waals surface area (Å²) < 4.78 is 1.33. The van der Waals surface area contributed by atoms with Gasteiger partial charge in [0.05, 0.1) is 0 Å². The van der Waals surface area contributed by atoms with Crippen molar-refractivity contribution in [2.45, 2.75) is 0 Å². The SMILES string of the molecule is CNc1c(NC)n(C)c(=O)[nH]c1=O. The predicted octanol–water partition coefficient (Wildman–Crippen LogP) is -0.843. The summed E-state index contributed by atoms with van der Waals surface area (Å²) in [5.41, 5.74) is -0.507. The summed E-state index contributed by atoms with van der Waals surface area (Å²) in [6, 6.07) is 0. The van der Waals surface area contributed by atoms with Crippen molar-refractivity contribution in [3.63, 3.8) is 0 Å². The second-order valence-electron chi connectivity index (χ2n) is 2.54. The topological polar surface area (TPSA) is 78.9 Å². The van der Waals surface area contributed by atoms with E-state index in [1.807, 2.05) is 0 Å². The monoisotopic (exact) mass is 184 g/mol. The van der Waals surface area contributed by atoms with E-state index in [0.717, 1.165) is 0 Å². The molecule has 3 N–H and O–H groups in total. The van der Waals surface area contributed by atoms with Gasteiger partial charge in [0.15, 0.2) is 0 Å². The van der Waals surface area contributed by atoms with Gasteiger partial charge in [0.1, 0.15) is 11.5 Å². The number of aromatic nitrogens is 2. The van der Waals surface area contributed by atoms with Gasteiger partial charge >= 0.3 is 5.69 Å². The Bertz CT molecular complexity index is 417. The average Bonchev–Trinajstić information content (AvgIpc) is 2.10. The van der Waals surface area contributed by atoms with Crippen molar-refractivity contribution in [3.8, 4) is 0 Å². The molecule has 0 saturated carbocycles. The first kappa shape index (κ1) is 9.37. The highest BCUT2D eigenvalue weighted by molar-refractivity contribution is 5.62. The summed E-state index contributed by atoms with van der Waals surface area (Å²) in [5, 5.41) is 5.49. The lowest BCUT2D eigenvalue weighted by Gasteiger charge is -2.10. The van der Waals surface area contributed by atoms with E-state index in [1.54, 1.807) is 21.1 Å². The molecule has 6 heteroatoms. The summed E-state index contributed by atoms with van der Waals surface area (Å²) in [4.78, 5) is 24.5. The van der Waals surface area contributed by atoms with Gasteiger partial charge < -0.3 is 10.6 Å². The van der Waals surface area contributed by atoms with Gasteiger partial charge in [-0.15, -0.1) is 0 Å². The van der Waals surface area contributed by atoms with E-state index in [0.29, 0.717) is 11.5 Å². The summed E-state index contributed by atoms with van der Waals surface area (Å²) in [6.07, 6.45) is 0. The Balaban J connectivity index is 3.61. The molecule has 72 valence electrons. The Hall–Kier alpha value is -1.72. The quantitative estimate of drug-likeness (QED) is 0.559. The van der Waals surface area contributed by atoms with Crippen LogP contribution in [0.5, 0.6) is 0 Å². The molecule has 0 aliphatic rings. The molecule has 13 heavy (non-hydrogen) atoms. The fourth-order valence-corrected chi connectivity index (χ4v) is 1.14. The molecule has 6 nitrogen and oxygen atoms in total. The maximum atomic E-state index is 11.2. The first-order valence-electron chi connectivity index (χ1n) is 3.80. The molecule has 0 fully saturated rings. The summed E-state index contributed by atoms with van der Waals surface area (Å²) in [6.45, 7) is 0. The summed E-state index contributed by atoms with van der Waals surface area (Å²) in [5.74, 6) is 0.469. The fraction of sp³-hybridized carbons (Fsp3) is 0.429. The zero-order valence-corrected chi connectivity index (χ0v) is 7.76. The average molecular weight is 184 g/mol. The molecular weight excluding hydrogens is 172 g/mol. The molecule has 0 amide bonds. The molecule has 1 aromatic rings. The summed E-state index contributed by atoms with van der Waals surface area (Å²) in [7, 11) is 4.84. The Morgan fingerprint density at radius 1 is 1.23 bits per heavy atom. The molecule has 0 saturated heterocycles. The van der Waals surface area contributed by atoms with Gasteiger partial charge in [0, 0.05) is 21.1 Å². The highest BCUT2D eigenvalue weighted by Gasteiger charge is 2.08. The van der Waals surface area contributed by atoms with Crippen LogP contribution >= 0.6 is 0 Å². The van der Waals surface area contributed by atoms with Crippen LogP contribution < -0.4 is 21.9 Å². The van der Waals surface area contributed by atoms with E-state index < -0.39 is 11.2 Å². The van der Waals surface area contributed by atoms with Gasteiger partial charge in [-0.3, -0.25) is 14.3 Å². The minimum atomic E-state index is -0.437. The lowest BCUT2D eigenvalue weighted by molar-refractivity contribution is 0.809. The maximum absolute atomic E-state index is 11.2. The van der Waals surface area contributed by atoms with Crippen LogP contribution in [0, 0.1) is 0 Å². The normalized spacial score (nSPS) is 9.77. The molecule has 0 radical (unpaired) electrons. The number of hydrogen-bond acceptors (Lipinski definition) is 4. The van der Waals surface area contributed by atoms with Crippen LogP contribution in [0.15, 0.2) is 9.59 Å². The predicted molar refractivity (Wildman–Crippen MR) is 51.4 cm³/mol. The van der Waals surface area contributed by atoms with Crippen LogP contribution in [0.2, 0.25) is 0 Å². The zero-order valence-electron chi connectivity index (χ0n) is 7.76. The number of nitrogens with zero attached hydrogens (tertiary/aromatic N) is 1. The first-order chi connectivity index (χ1) is 6.11. The van der Waals surface area contributed by atoms with Crippen LogP contribution in [0.4, 0.5) is 11.5 Å². The third-order valence-corrected chi connectivity index (χ3v) is 1.81. The Morgan fingerprint density at radius 2 is 1.85 bits per heavy atom. The van der Waals surface area contributed by atoms with Gasteiger partial charge in [-0.25, -0.2) is 4.79 Å². The van der Waals surface area contributed by atoms with E-state index in [1.165, 1.54) is 4.57 Å². The van der Waals surface area contributed by atoms with Crippen molar-refractivity contribution in [2.75, 3.05) is 24.7 Å². The van der Waals surface area contributed by atoms with Crippen molar-refractivity contribution in [3.05, 3.63) is 20.8 Å². The Morgan fingerprint density at radius 3 is 2.31 bits per heavy atom. The number of hydrogen-bond donors (Lipinski definition) is 3. The van der Waals surface area contributed by atoms with E-state index in [4.69, 9.17) is 0 Å². The van der Waals surface area contributed by atoms with E-state index in [-0.39, 0.29) is 0 Å². The first-order valence-corrected chi connectivity index (χ1v) is 3.80. The standard InChI is InChI=1S/C7H12N4O2/c1-8-4-5(9-2)11(3)7(13)10-6(4)12/h8-9H,1-3H3,(H,10,12,13). The van der Waals surface area contributed by atoms with Crippen LogP contribution in [0.1, 0.15) is 0 Å². The number of nitrogens with one attached hydrogen (secondary N) is 3. The largest absolute Gasteiger partial charge is 0.381 e. The van der Waals surface area contributed by atoms with Crippen molar-refractivity contribution < 1.29 is 0 Å². The minimum absolute atomic E-state index is 0.351. The molecule has 1 rings (SSSR count). The van der Waals surface area contributed by atoms with Crippen molar-refractivity contribution >= 4 is 11.5 Å². The molecule has 1 aromatic heterocycles. The molecule has 1 heterocycles. The fourth-order valence-electron chi connectivity index (χ4n) is 1.14. The van der Waals surface area contributed by atoms with Gasteiger partial charge in [0.2, 0.25) is 0 Å². The van der Waals surface area contributed by atoms with Crippen molar-refractivity contribution in [1.29, 1.82) is 0 Å². The number of rotatable bonds is 2. The van der Waals surface area contributed by atoms with E-state index >= 15 is 0 Å². The van der Waals surface area contributed by atoms with Gasteiger partial charge in [0.25, 0.3) is 5.56 Å². The number of aromatic amines is 1. The molecule has 0 aromatic carbocycles. The molecule has 0 atom stereocenters. The van der Waals surface area contributed by atoms with Crippen LogP contribution in [-0.2, 0) is 7.05 Å². The Labute approximate surface area is 74.6 Å². The van der Waals surface area contributed by atoms with Crippen molar-refractivity contribution in [2.24, 2.45) is 7.05 Å². The smallest absolute Gasteiger partial charge is 0.329 e. The van der Waals surface area contributed by atoms with Gasteiger partial charge in [-0.1, -0.05) is 0 Å². The number of anilines is 2. The molecule has 0 spiro atoms. The van der Waals surface area contributed by atoms with Gasteiger partial charge in [-0.2, -0.15) is 0 Å². The second kappa shape index (κ2) is 3.34. The van der Waals surface area contributed by atoms with Gasteiger partial charge in [-0.05, 0) is 0 Å². The third-order valence-electron chi connectivity index (χ3n) is 1.81. The van der Waals surface area contributed by atoms with E-state index in [9.17, 15) is 9.59 Å². The lowest BCUT2D eigenvalue weighted by atomic mass is 10.4. The van der Waals surface area contributed by atoms with E-state index in [2.05, 4.69) is 15.6 Å². The van der Waals surface area contributed by atoms with Crippen LogP contribution in [0.25, 0.3) is 0 Å². The molecular formula is C7H12N4O2. The second-order valence-corrected chi connectivity index (χ2v) is 2.54. The molecule has 0 bridgehead atoms. The van der Waals surface area contributed by atoms with Crippen LogP contribution in [0.3, 0.4) is 0 Å². The summed E-state index contributed by atoms with van der Waals surface area (Å²) >= 11 is 0. The lowest BCUT2D eigenvalue weighted by Crippen LogP contribution is -2.31. The molecule has 0 unspecified atom stereocenters. The number of H-pyrrole nitrogens is 1. The zero-order chi connectivity index (χ0) is 10.0. The molecule has 0 aliphatic carbocycles. The highest BCUT2D eigenvalue weighted by atomic mass is 16.2. The van der Waals surface area contributed by atoms with Crippen molar-refractivity contribution in [1.82, 2.24) is 9.55 Å². The minimum Gasteiger partial charge on any atom is -0.381 e. The highest BCUT2D eigenvalue weighted by Crippen LogP contribution is 2.10. The third kappa shape index (κ3) is 1.42. The van der Waals surface area contributed by atoms with Crippen LogP contribution in [-0.4, -0.2) is 23.6 Å². The molecule has 0 aliphatic heterocycles.